The molecule has 1 aliphatic carbocycles. The number of nitrogens with zero attached hydrogens (tertiary/aromatic N) is 2. The first kappa shape index (κ1) is 18.9. The minimum absolute atomic E-state index is 0.0648. The summed E-state index contributed by atoms with van der Waals surface area (Å²) in [7, 11) is 0. The van der Waals surface area contributed by atoms with E-state index in [2.05, 4.69) is 20.3 Å². The van der Waals surface area contributed by atoms with Gasteiger partial charge in [0.05, 0.1) is 17.7 Å². The van der Waals surface area contributed by atoms with Crippen LogP contribution in [0.1, 0.15) is 53.0 Å². The number of carboxylic acids is 1. The van der Waals surface area contributed by atoms with Crippen LogP contribution in [0.15, 0.2) is 36.5 Å². The predicted octanol–water partition coefficient (Wildman–Crippen LogP) is 3.87. The number of rotatable bonds is 7. The maximum Gasteiger partial charge on any atom is 0.337 e. The van der Waals surface area contributed by atoms with E-state index >= 15 is 0 Å². The van der Waals surface area contributed by atoms with Crippen molar-refractivity contribution in [2.75, 3.05) is 11.9 Å². The van der Waals surface area contributed by atoms with Crippen LogP contribution in [-0.4, -0.2) is 38.5 Å². The Morgan fingerprint density at radius 2 is 2.07 bits per heavy atom. The number of benzene rings is 1. The maximum atomic E-state index is 12.5. The van der Waals surface area contributed by atoms with Crippen molar-refractivity contribution in [3.05, 3.63) is 47.8 Å². The molecule has 0 saturated heterocycles. The first-order valence-electron chi connectivity index (χ1n) is 9.72. The summed E-state index contributed by atoms with van der Waals surface area (Å²) in [5.41, 5.74) is 1.07. The van der Waals surface area contributed by atoms with Crippen molar-refractivity contribution in [2.45, 2.75) is 32.1 Å². The van der Waals surface area contributed by atoms with E-state index in [0.29, 0.717) is 17.9 Å². The number of pyridine rings is 1. The van der Waals surface area contributed by atoms with Crippen LogP contribution in [0.2, 0.25) is 0 Å². The largest absolute Gasteiger partial charge is 0.493 e. The number of amides is 1. The van der Waals surface area contributed by atoms with Gasteiger partial charge in [-0.05, 0) is 30.5 Å². The summed E-state index contributed by atoms with van der Waals surface area (Å²) >= 11 is 0. The van der Waals surface area contributed by atoms with Crippen LogP contribution in [0.5, 0.6) is 5.75 Å². The van der Waals surface area contributed by atoms with Gasteiger partial charge < -0.3 is 14.8 Å². The Hall–Kier alpha value is -3.42. The number of para-hydroxylation sites is 1. The highest BCUT2D eigenvalue weighted by Gasteiger charge is 2.16. The number of carbonyl (C=O) groups is 2. The zero-order valence-electron chi connectivity index (χ0n) is 15.9. The first-order chi connectivity index (χ1) is 14.1. The number of anilines is 1. The zero-order valence-corrected chi connectivity index (χ0v) is 15.9. The van der Waals surface area contributed by atoms with Crippen molar-refractivity contribution in [1.82, 2.24) is 15.0 Å². The van der Waals surface area contributed by atoms with Gasteiger partial charge in [-0.25, -0.2) is 9.78 Å². The van der Waals surface area contributed by atoms with Crippen LogP contribution in [-0.2, 0) is 0 Å². The molecule has 150 valence electrons. The summed E-state index contributed by atoms with van der Waals surface area (Å²) < 4.78 is 5.79. The minimum atomic E-state index is -1.08. The summed E-state index contributed by atoms with van der Waals surface area (Å²) in [6.45, 7) is 0.622. The van der Waals surface area contributed by atoms with Crippen molar-refractivity contribution in [2.24, 2.45) is 5.92 Å². The van der Waals surface area contributed by atoms with Crippen molar-refractivity contribution < 1.29 is 19.4 Å². The third kappa shape index (κ3) is 4.37. The van der Waals surface area contributed by atoms with Gasteiger partial charge in [0.1, 0.15) is 17.0 Å². The van der Waals surface area contributed by atoms with Gasteiger partial charge in [-0.1, -0.05) is 31.7 Å². The topological polar surface area (TPSA) is 117 Å². The molecule has 1 saturated carbocycles. The molecule has 29 heavy (non-hydrogen) atoms. The van der Waals surface area contributed by atoms with Gasteiger partial charge in [0.2, 0.25) is 5.95 Å². The molecule has 8 nitrogen and oxygen atoms in total. The van der Waals surface area contributed by atoms with Crippen molar-refractivity contribution >= 4 is 28.9 Å². The molecule has 0 atom stereocenters. The number of imidazole rings is 1. The Kier molecular flexibility index (Phi) is 5.41. The van der Waals surface area contributed by atoms with E-state index in [9.17, 15) is 14.7 Å². The molecule has 2 heterocycles. The molecule has 0 bridgehead atoms. The number of H-pyrrole nitrogens is 1. The smallest absolute Gasteiger partial charge is 0.337 e. The van der Waals surface area contributed by atoms with Crippen LogP contribution in [0.4, 0.5) is 5.95 Å². The molecule has 1 aliphatic rings. The summed E-state index contributed by atoms with van der Waals surface area (Å²) in [6, 6.07) is 8.09. The molecule has 1 amide bonds. The number of aromatic amines is 1. The third-order valence-corrected chi connectivity index (χ3v) is 5.21. The SMILES string of the molecule is O=C(Nc1nc2c(C(=O)O)cccc2[nH]1)c1cc(OCCC2CCCC2)ccn1. The highest BCUT2D eigenvalue weighted by Crippen LogP contribution is 2.27. The summed E-state index contributed by atoms with van der Waals surface area (Å²) in [5, 5.41) is 11.9. The Labute approximate surface area is 167 Å². The maximum absolute atomic E-state index is 12.5. The van der Waals surface area contributed by atoms with Crippen molar-refractivity contribution in [1.29, 1.82) is 0 Å². The van der Waals surface area contributed by atoms with Crippen LogP contribution in [0.3, 0.4) is 0 Å². The van der Waals surface area contributed by atoms with Crippen molar-refractivity contribution in [3.63, 3.8) is 0 Å². The molecule has 2 aromatic heterocycles. The number of carboxylic acid groups (broad SMARTS) is 1. The van der Waals surface area contributed by atoms with Crippen LogP contribution < -0.4 is 10.1 Å². The number of aromatic carboxylic acids is 1. The monoisotopic (exact) mass is 394 g/mol. The summed E-state index contributed by atoms with van der Waals surface area (Å²) in [4.78, 5) is 35.0. The quantitative estimate of drug-likeness (QED) is 0.560. The van der Waals surface area contributed by atoms with Gasteiger partial charge in [0, 0.05) is 12.3 Å². The van der Waals surface area contributed by atoms with E-state index in [1.807, 2.05) is 0 Å². The Morgan fingerprint density at radius 1 is 1.24 bits per heavy atom. The third-order valence-electron chi connectivity index (χ3n) is 5.21. The van der Waals surface area contributed by atoms with E-state index in [-0.39, 0.29) is 22.7 Å². The average Bonchev–Trinajstić information content (AvgIpc) is 3.37. The van der Waals surface area contributed by atoms with E-state index in [4.69, 9.17) is 4.74 Å². The molecule has 3 N–H and O–H groups in total. The highest BCUT2D eigenvalue weighted by atomic mass is 16.5. The molecule has 0 unspecified atom stereocenters. The Bertz CT molecular complexity index is 1040. The second kappa shape index (κ2) is 8.30. The van der Waals surface area contributed by atoms with E-state index < -0.39 is 11.9 Å². The molecular weight excluding hydrogens is 372 g/mol. The molecule has 0 spiro atoms. The number of nitrogens with one attached hydrogen (secondary N) is 2. The lowest BCUT2D eigenvalue weighted by atomic mass is 10.1. The normalized spacial score (nSPS) is 14.2. The number of ether oxygens (including phenoxy) is 1. The zero-order chi connectivity index (χ0) is 20.2. The van der Waals surface area contributed by atoms with E-state index in [1.54, 1.807) is 24.3 Å². The number of aromatic nitrogens is 3. The fraction of sp³-hybridized carbons (Fsp3) is 0.333. The molecular formula is C21H22N4O4. The standard InChI is InChI=1S/C21H22N4O4/c26-19(25-21-23-16-7-3-6-15(20(27)28)18(16)24-21)17-12-14(8-10-22-17)29-11-9-13-4-1-2-5-13/h3,6-8,10,12-13H,1-2,4-5,9,11H2,(H,27,28)(H2,23,24,25,26). The average molecular weight is 394 g/mol. The van der Waals surface area contributed by atoms with Gasteiger partial charge in [-0.15, -0.1) is 0 Å². The second-order valence-electron chi connectivity index (χ2n) is 7.21. The lowest BCUT2D eigenvalue weighted by Gasteiger charge is -2.11. The minimum Gasteiger partial charge on any atom is -0.493 e. The fourth-order valence-corrected chi connectivity index (χ4v) is 3.70. The molecule has 4 rings (SSSR count). The van der Waals surface area contributed by atoms with Crippen molar-refractivity contribution in [3.8, 4) is 5.75 Å². The number of hydrogen-bond donors (Lipinski definition) is 3. The van der Waals surface area contributed by atoms with E-state index in [1.165, 1.54) is 37.9 Å². The summed E-state index contributed by atoms with van der Waals surface area (Å²) in [6.07, 6.45) is 7.71. The lowest BCUT2D eigenvalue weighted by Crippen LogP contribution is -2.15. The molecule has 8 heteroatoms. The fourth-order valence-electron chi connectivity index (χ4n) is 3.70. The van der Waals surface area contributed by atoms with Crippen LogP contribution >= 0.6 is 0 Å². The molecule has 1 fully saturated rings. The first-order valence-corrected chi connectivity index (χ1v) is 9.72. The molecule has 0 aliphatic heterocycles. The van der Waals surface area contributed by atoms with Gasteiger partial charge in [-0.2, -0.15) is 0 Å². The highest BCUT2D eigenvalue weighted by molar-refractivity contribution is 6.05. The Morgan fingerprint density at radius 3 is 2.86 bits per heavy atom. The summed E-state index contributed by atoms with van der Waals surface area (Å²) in [5.74, 6) is -0.0383. The molecule has 0 radical (unpaired) electrons. The number of fused-ring (bicyclic) bond motifs is 1. The number of carbonyl (C=O) groups excluding carboxylic acids is 1. The lowest BCUT2D eigenvalue weighted by molar-refractivity contribution is 0.0698. The molecule has 1 aromatic carbocycles. The molecule has 3 aromatic rings. The number of hydrogen-bond acceptors (Lipinski definition) is 5. The van der Waals surface area contributed by atoms with Crippen LogP contribution in [0.25, 0.3) is 11.0 Å². The van der Waals surface area contributed by atoms with E-state index in [0.717, 1.165) is 12.3 Å². The Balaban J connectivity index is 1.42. The van der Waals surface area contributed by atoms with Gasteiger partial charge in [-0.3, -0.25) is 15.1 Å². The second-order valence-corrected chi connectivity index (χ2v) is 7.21. The van der Waals surface area contributed by atoms with Crippen LogP contribution in [0, 0.1) is 5.92 Å². The van der Waals surface area contributed by atoms with Gasteiger partial charge in [0.15, 0.2) is 0 Å². The predicted molar refractivity (Wildman–Crippen MR) is 107 cm³/mol. The van der Waals surface area contributed by atoms with Gasteiger partial charge in [0.25, 0.3) is 5.91 Å². The van der Waals surface area contributed by atoms with Gasteiger partial charge >= 0.3 is 5.97 Å².